The predicted octanol–water partition coefficient (Wildman–Crippen LogP) is 1.96. The molecule has 8 nitrogen and oxygen atoms in total. The number of ether oxygens (including phenoxy) is 2. The Morgan fingerprint density at radius 3 is 2.46 bits per heavy atom. The van der Waals surface area contributed by atoms with Crippen LogP contribution < -0.4 is 20.1 Å². The van der Waals surface area contributed by atoms with Gasteiger partial charge in [0.15, 0.2) is 11.5 Å². The Kier molecular flexibility index (Phi) is 8.93. The summed E-state index contributed by atoms with van der Waals surface area (Å²) in [5.74, 6) is -1.45. The molecule has 2 N–H and O–H groups in total. The number of nitrogens with one attached hydrogen (secondary N) is 2. The smallest absolute Gasteiger partial charge is 0.387 e. The first-order valence-corrected chi connectivity index (χ1v) is 6.56. The van der Waals surface area contributed by atoms with E-state index in [4.69, 9.17) is 4.74 Å². The Hall–Kier alpha value is -2.20. The van der Waals surface area contributed by atoms with E-state index in [9.17, 15) is 23.7 Å². The van der Waals surface area contributed by atoms with Crippen LogP contribution in [0.5, 0.6) is 11.5 Å². The molecule has 0 bridgehead atoms. The van der Waals surface area contributed by atoms with E-state index in [2.05, 4.69) is 15.4 Å². The third-order valence-corrected chi connectivity index (χ3v) is 3.00. The van der Waals surface area contributed by atoms with Crippen LogP contribution in [-0.2, 0) is 0 Å². The maximum Gasteiger partial charge on any atom is 0.387 e. The minimum atomic E-state index is -3.18. The summed E-state index contributed by atoms with van der Waals surface area (Å²) in [6.45, 7) is -1.15. The summed E-state index contributed by atoms with van der Waals surface area (Å²) in [4.78, 5) is 22.3. The van der Waals surface area contributed by atoms with Crippen molar-refractivity contribution in [3.63, 3.8) is 0 Å². The highest BCUT2D eigenvalue weighted by atomic mass is 35.5. The molecule has 0 saturated carbocycles. The Bertz CT molecular complexity index is 589. The zero-order valence-electron chi connectivity index (χ0n) is 13.2. The summed E-state index contributed by atoms with van der Waals surface area (Å²) in [6, 6.07) is 1.68. The molecule has 0 radical (unpaired) electrons. The maximum absolute atomic E-state index is 12.3. The molecule has 0 aromatic heterocycles. The molecule has 0 heterocycles. The van der Waals surface area contributed by atoms with Crippen LogP contribution in [0.2, 0.25) is 0 Å². The van der Waals surface area contributed by atoms with Crippen molar-refractivity contribution < 1.29 is 28.0 Å². The average molecular weight is 370 g/mol. The number of hydrogen-bond acceptors (Lipinski definition) is 6. The molecule has 1 rings (SSSR count). The lowest BCUT2D eigenvalue weighted by atomic mass is 10.1. The number of carbonyl (C=O) groups excluding carboxylic acids is 1. The van der Waals surface area contributed by atoms with Crippen LogP contribution in [0.3, 0.4) is 0 Å². The zero-order chi connectivity index (χ0) is 17.6. The number of hydrogen-bond donors (Lipinski definition) is 2. The molecule has 1 amide bonds. The number of methoxy groups -OCH3 is 1. The number of rotatable bonds is 8. The number of carbonyl (C=O) groups is 1. The van der Waals surface area contributed by atoms with Crippen molar-refractivity contribution in [1.29, 1.82) is 0 Å². The van der Waals surface area contributed by atoms with Crippen LogP contribution in [0.25, 0.3) is 0 Å². The fourth-order valence-electron chi connectivity index (χ4n) is 1.67. The largest absolute Gasteiger partial charge is 0.493 e. The van der Waals surface area contributed by atoms with E-state index in [-0.39, 0.29) is 36.3 Å². The molecule has 136 valence electrons. The minimum Gasteiger partial charge on any atom is -0.493 e. The molecule has 0 spiro atoms. The van der Waals surface area contributed by atoms with Crippen molar-refractivity contribution >= 4 is 24.0 Å². The van der Waals surface area contributed by atoms with E-state index in [0.717, 1.165) is 12.1 Å². The highest BCUT2D eigenvalue weighted by Gasteiger charge is 2.26. The van der Waals surface area contributed by atoms with Crippen LogP contribution >= 0.6 is 12.4 Å². The third kappa shape index (κ3) is 5.78. The number of nitrogens with zero attached hydrogens (tertiary/aromatic N) is 1. The van der Waals surface area contributed by atoms with Gasteiger partial charge in [-0.2, -0.15) is 8.78 Å². The van der Waals surface area contributed by atoms with Crippen molar-refractivity contribution in [2.75, 3.05) is 20.7 Å². The first-order chi connectivity index (χ1) is 10.8. The van der Waals surface area contributed by atoms with Gasteiger partial charge in [0.1, 0.15) is 5.56 Å². The monoisotopic (exact) mass is 369 g/mol. The summed E-state index contributed by atoms with van der Waals surface area (Å²) in [6.07, 6.45) is 0. The van der Waals surface area contributed by atoms with Gasteiger partial charge in [-0.05, 0) is 14.0 Å². The summed E-state index contributed by atoms with van der Waals surface area (Å²) in [5.41, 5.74) is -0.965. The highest BCUT2D eigenvalue weighted by molar-refractivity contribution is 5.99. The van der Waals surface area contributed by atoms with E-state index in [1.807, 2.05) is 0 Å². The van der Waals surface area contributed by atoms with Crippen LogP contribution in [0.1, 0.15) is 17.3 Å². The van der Waals surface area contributed by atoms with Crippen molar-refractivity contribution in [2.45, 2.75) is 19.6 Å². The van der Waals surface area contributed by atoms with Gasteiger partial charge < -0.3 is 20.1 Å². The second-order valence-electron chi connectivity index (χ2n) is 4.56. The summed E-state index contributed by atoms with van der Waals surface area (Å²) in [7, 11) is 2.86. The van der Waals surface area contributed by atoms with Crippen molar-refractivity contribution in [2.24, 2.45) is 0 Å². The molecule has 0 aliphatic carbocycles. The van der Waals surface area contributed by atoms with Crippen LogP contribution in [0.15, 0.2) is 12.1 Å². The van der Waals surface area contributed by atoms with Gasteiger partial charge in [-0.15, -0.1) is 12.4 Å². The molecule has 0 saturated heterocycles. The SMILES string of the molecule is CNC(C)CNC(=O)c1cc(OC)c(OC(F)F)cc1[N+](=O)[O-].Cl. The van der Waals surface area contributed by atoms with E-state index in [1.165, 1.54) is 7.11 Å². The summed E-state index contributed by atoms with van der Waals surface area (Å²) >= 11 is 0. The molecule has 1 aromatic carbocycles. The number of alkyl halides is 2. The van der Waals surface area contributed by atoms with Gasteiger partial charge in [0, 0.05) is 18.7 Å². The normalized spacial score (nSPS) is 11.4. The van der Waals surface area contributed by atoms with Crippen molar-refractivity contribution in [3.8, 4) is 11.5 Å². The predicted molar refractivity (Wildman–Crippen MR) is 84.4 cm³/mol. The molecular formula is C13H18ClF2N3O5. The lowest BCUT2D eigenvalue weighted by molar-refractivity contribution is -0.385. The quantitative estimate of drug-likeness (QED) is 0.536. The zero-order valence-corrected chi connectivity index (χ0v) is 14.0. The topological polar surface area (TPSA) is 103 Å². The lowest BCUT2D eigenvalue weighted by Crippen LogP contribution is -2.37. The highest BCUT2D eigenvalue weighted by Crippen LogP contribution is 2.35. The number of amides is 1. The molecule has 1 atom stereocenters. The van der Waals surface area contributed by atoms with Crippen LogP contribution in [0, 0.1) is 10.1 Å². The Balaban J connectivity index is 0.00000529. The van der Waals surface area contributed by atoms with Crippen LogP contribution in [0.4, 0.5) is 14.5 Å². The Morgan fingerprint density at radius 2 is 2.00 bits per heavy atom. The third-order valence-electron chi connectivity index (χ3n) is 3.00. The molecule has 0 aliphatic rings. The summed E-state index contributed by atoms with van der Waals surface area (Å²) in [5, 5.41) is 16.5. The van der Waals surface area contributed by atoms with Crippen molar-refractivity contribution in [3.05, 3.63) is 27.8 Å². The number of nitro groups is 1. The minimum absolute atomic E-state index is 0. The van der Waals surface area contributed by atoms with E-state index >= 15 is 0 Å². The number of benzene rings is 1. The molecule has 0 fully saturated rings. The van der Waals surface area contributed by atoms with E-state index < -0.39 is 28.9 Å². The van der Waals surface area contributed by atoms with Gasteiger partial charge in [0.2, 0.25) is 0 Å². The van der Waals surface area contributed by atoms with Gasteiger partial charge in [0.05, 0.1) is 18.1 Å². The molecule has 11 heteroatoms. The fourth-order valence-corrected chi connectivity index (χ4v) is 1.67. The Morgan fingerprint density at radius 1 is 1.38 bits per heavy atom. The maximum atomic E-state index is 12.3. The lowest BCUT2D eigenvalue weighted by Gasteiger charge is -2.14. The fraction of sp³-hybridized carbons (Fsp3) is 0.462. The van der Waals surface area contributed by atoms with Gasteiger partial charge in [-0.1, -0.05) is 0 Å². The number of likely N-dealkylation sites (N-methyl/N-ethyl adjacent to an activating group) is 1. The van der Waals surface area contributed by atoms with Gasteiger partial charge in [-0.25, -0.2) is 0 Å². The summed E-state index contributed by atoms with van der Waals surface area (Å²) < 4.78 is 33.7. The van der Waals surface area contributed by atoms with Crippen molar-refractivity contribution in [1.82, 2.24) is 10.6 Å². The first-order valence-electron chi connectivity index (χ1n) is 6.56. The van der Waals surface area contributed by atoms with Gasteiger partial charge in [-0.3, -0.25) is 14.9 Å². The van der Waals surface area contributed by atoms with Gasteiger partial charge in [0.25, 0.3) is 11.6 Å². The molecule has 1 aromatic rings. The standard InChI is InChI=1S/C13H17F2N3O5.ClH/c1-7(16-2)6-17-12(19)8-4-10(22-3)11(23-13(14)15)5-9(8)18(20)21;/h4-5,7,13,16H,6H2,1-3H3,(H,17,19);1H. The molecular weight excluding hydrogens is 352 g/mol. The molecule has 1 unspecified atom stereocenters. The number of nitro benzene ring substituents is 1. The first kappa shape index (κ1) is 21.8. The van der Waals surface area contributed by atoms with Gasteiger partial charge >= 0.3 is 6.61 Å². The van der Waals surface area contributed by atoms with Crippen LogP contribution in [-0.4, -0.2) is 44.2 Å². The molecule has 0 aliphatic heterocycles. The Labute approximate surface area is 143 Å². The second kappa shape index (κ2) is 9.83. The average Bonchev–Trinajstić information content (AvgIpc) is 2.50. The van der Waals surface area contributed by atoms with E-state index in [0.29, 0.717) is 0 Å². The van der Waals surface area contributed by atoms with E-state index in [1.54, 1.807) is 14.0 Å². The second-order valence-corrected chi connectivity index (χ2v) is 4.56. The molecule has 24 heavy (non-hydrogen) atoms. The number of halogens is 3.